The molecule has 0 saturated carbocycles. The molecular weight excluding hydrogens is 432 g/mol. The second kappa shape index (κ2) is 7.54. The van der Waals surface area contributed by atoms with Crippen LogP contribution in [0.25, 0.3) is 0 Å². The topological polar surface area (TPSA) is 51.2 Å². The van der Waals surface area contributed by atoms with Crippen molar-refractivity contribution in [2.45, 2.75) is 34.3 Å². The minimum absolute atomic E-state index is 0.267. The van der Waals surface area contributed by atoms with Crippen LogP contribution in [0.15, 0.2) is 137 Å². The van der Waals surface area contributed by atoms with E-state index in [0.29, 0.717) is 0 Å². The number of fused-ring (bicyclic) bond motifs is 2. The van der Waals surface area contributed by atoms with Gasteiger partial charge in [0.05, 0.1) is 30.4 Å². The Morgan fingerprint density at radius 1 is 0.567 bits per heavy atom. The van der Waals surface area contributed by atoms with Crippen molar-refractivity contribution in [3.8, 4) is 0 Å². The van der Waals surface area contributed by atoms with E-state index in [4.69, 9.17) is 0 Å². The SMILES string of the molecule is O=S1c2ccccc2[S+](c2ccc(S(=O)(=O)c3ccccc3)cc2)c2ccccc21. The Morgan fingerprint density at radius 3 is 1.60 bits per heavy atom. The van der Waals surface area contributed by atoms with E-state index in [-0.39, 0.29) is 9.79 Å². The van der Waals surface area contributed by atoms with Gasteiger partial charge in [-0.3, -0.25) is 0 Å². The molecular formula is C24H17O3S3+. The van der Waals surface area contributed by atoms with Crippen LogP contribution in [0.5, 0.6) is 0 Å². The van der Waals surface area contributed by atoms with Crippen molar-refractivity contribution in [1.29, 1.82) is 0 Å². The Hall–Kier alpha value is -2.67. The quantitative estimate of drug-likeness (QED) is 0.360. The molecule has 4 aromatic carbocycles. The minimum atomic E-state index is -3.56. The molecule has 0 amide bonds. The zero-order chi connectivity index (χ0) is 20.7. The average molecular weight is 450 g/mol. The lowest BCUT2D eigenvalue weighted by Crippen LogP contribution is -2.16. The average Bonchev–Trinajstić information content (AvgIpc) is 2.80. The molecule has 1 aliphatic heterocycles. The first-order chi connectivity index (χ1) is 14.6. The summed E-state index contributed by atoms with van der Waals surface area (Å²) in [5, 5.41) is 0. The molecule has 0 atom stereocenters. The summed E-state index contributed by atoms with van der Waals surface area (Å²) in [6.45, 7) is 0. The highest BCUT2D eigenvalue weighted by molar-refractivity contribution is 7.99. The van der Waals surface area contributed by atoms with Crippen LogP contribution in [0.1, 0.15) is 0 Å². The molecule has 0 fully saturated rings. The number of benzene rings is 4. The highest BCUT2D eigenvalue weighted by Crippen LogP contribution is 2.43. The third-order valence-electron chi connectivity index (χ3n) is 4.96. The number of sulfone groups is 1. The van der Waals surface area contributed by atoms with Crippen molar-refractivity contribution in [2.75, 3.05) is 0 Å². The van der Waals surface area contributed by atoms with Crippen molar-refractivity contribution in [2.24, 2.45) is 0 Å². The molecule has 5 rings (SSSR count). The molecule has 30 heavy (non-hydrogen) atoms. The Labute approximate surface area is 181 Å². The van der Waals surface area contributed by atoms with Crippen LogP contribution < -0.4 is 0 Å². The first-order valence-electron chi connectivity index (χ1n) is 9.32. The molecule has 6 heteroatoms. The number of hydrogen-bond donors (Lipinski definition) is 0. The van der Waals surface area contributed by atoms with E-state index in [9.17, 15) is 12.6 Å². The van der Waals surface area contributed by atoms with Gasteiger partial charge in [-0.25, -0.2) is 12.6 Å². The Kier molecular flexibility index (Phi) is 4.85. The normalized spacial score (nSPS) is 17.7. The van der Waals surface area contributed by atoms with Gasteiger partial charge in [0.15, 0.2) is 14.7 Å². The Balaban J connectivity index is 1.62. The molecule has 0 aromatic heterocycles. The second-order valence-corrected chi connectivity index (χ2v) is 12.1. The van der Waals surface area contributed by atoms with E-state index in [1.165, 1.54) is 0 Å². The predicted molar refractivity (Wildman–Crippen MR) is 118 cm³/mol. The van der Waals surface area contributed by atoms with Gasteiger partial charge in [-0.15, -0.1) is 0 Å². The maximum absolute atomic E-state index is 13.1. The molecule has 0 radical (unpaired) electrons. The molecule has 148 valence electrons. The molecule has 0 N–H and O–H groups in total. The summed E-state index contributed by atoms with van der Waals surface area (Å²) in [6, 6.07) is 31.1. The molecule has 1 heterocycles. The van der Waals surface area contributed by atoms with Crippen LogP contribution in [0.4, 0.5) is 0 Å². The van der Waals surface area contributed by atoms with E-state index in [1.54, 1.807) is 42.5 Å². The first kappa shape index (κ1) is 19.3. The predicted octanol–water partition coefficient (Wildman–Crippen LogP) is 5.09. The summed E-state index contributed by atoms with van der Waals surface area (Å²) in [7, 11) is -5.22. The molecule has 0 unspecified atom stereocenters. The van der Waals surface area contributed by atoms with Gasteiger partial charge in [-0.1, -0.05) is 42.5 Å². The van der Waals surface area contributed by atoms with Gasteiger partial charge >= 0.3 is 0 Å². The molecule has 4 aromatic rings. The summed E-state index contributed by atoms with van der Waals surface area (Å²) >= 11 is 0. The largest absolute Gasteiger partial charge is 0.249 e. The van der Waals surface area contributed by atoms with E-state index in [0.717, 1.165) is 24.5 Å². The molecule has 0 aliphatic carbocycles. The zero-order valence-electron chi connectivity index (χ0n) is 15.8. The van der Waals surface area contributed by atoms with Crippen LogP contribution >= 0.6 is 0 Å². The highest BCUT2D eigenvalue weighted by Gasteiger charge is 2.40. The zero-order valence-corrected chi connectivity index (χ0v) is 18.2. The van der Waals surface area contributed by atoms with Gasteiger partial charge in [0.1, 0.15) is 10.9 Å². The van der Waals surface area contributed by atoms with Gasteiger partial charge < -0.3 is 0 Å². The lowest BCUT2D eigenvalue weighted by atomic mass is 10.3. The van der Waals surface area contributed by atoms with E-state index in [1.807, 2.05) is 60.7 Å². The van der Waals surface area contributed by atoms with Gasteiger partial charge in [0.2, 0.25) is 9.84 Å². The number of hydrogen-bond acceptors (Lipinski definition) is 3. The van der Waals surface area contributed by atoms with Crippen LogP contribution in [-0.4, -0.2) is 12.6 Å². The maximum atomic E-state index is 13.1. The Bertz CT molecular complexity index is 1310. The Morgan fingerprint density at radius 2 is 1.03 bits per heavy atom. The van der Waals surface area contributed by atoms with Crippen molar-refractivity contribution in [3.63, 3.8) is 0 Å². The van der Waals surface area contributed by atoms with Crippen molar-refractivity contribution < 1.29 is 12.6 Å². The smallest absolute Gasteiger partial charge is 0.206 e. The van der Waals surface area contributed by atoms with E-state index < -0.39 is 31.5 Å². The third kappa shape index (κ3) is 3.12. The van der Waals surface area contributed by atoms with E-state index >= 15 is 0 Å². The number of rotatable bonds is 3. The van der Waals surface area contributed by atoms with Gasteiger partial charge in [-0.2, -0.15) is 0 Å². The third-order valence-corrected chi connectivity index (χ3v) is 10.9. The fourth-order valence-electron chi connectivity index (χ4n) is 3.53. The summed E-state index contributed by atoms with van der Waals surface area (Å²) < 4.78 is 38.9. The van der Waals surface area contributed by atoms with Crippen molar-refractivity contribution in [1.82, 2.24) is 0 Å². The molecule has 1 aliphatic rings. The lowest BCUT2D eigenvalue weighted by Gasteiger charge is -2.18. The minimum Gasteiger partial charge on any atom is -0.249 e. The molecule has 0 bridgehead atoms. The summed E-state index contributed by atoms with van der Waals surface area (Å²) in [5.74, 6) is 0. The van der Waals surface area contributed by atoms with Gasteiger partial charge in [-0.05, 0) is 60.7 Å². The fourth-order valence-corrected chi connectivity index (χ4v) is 9.03. The summed E-state index contributed by atoms with van der Waals surface area (Å²) in [4.78, 5) is 5.23. The van der Waals surface area contributed by atoms with Crippen LogP contribution in [0.3, 0.4) is 0 Å². The highest BCUT2D eigenvalue weighted by atomic mass is 32.2. The van der Waals surface area contributed by atoms with Crippen LogP contribution in [0, 0.1) is 0 Å². The summed E-state index contributed by atoms with van der Waals surface area (Å²) in [5.41, 5.74) is 0. The van der Waals surface area contributed by atoms with Gasteiger partial charge in [0.25, 0.3) is 0 Å². The second-order valence-electron chi connectivity index (χ2n) is 6.76. The lowest BCUT2D eigenvalue weighted by molar-refractivity contribution is 0.596. The van der Waals surface area contributed by atoms with Crippen molar-refractivity contribution in [3.05, 3.63) is 103 Å². The monoisotopic (exact) mass is 449 g/mol. The van der Waals surface area contributed by atoms with Crippen LogP contribution in [-0.2, 0) is 31.5 Å². The van der Waals surface area contributed by atoms with Crippen LogP contribution in [0.2, 0.25) is 0 Å². The molecule has 0 spiro atoms. The first-order valence-corrected chi connectivity index (χ1v) is 13.2. The van der Waals surface area contributed by atoms with E-state index in [2.05, 4.69) is 0 Å². The van der Waals surface area contributed by atoms with Crippen molar-refractivity contribution >= 4 is 31.5 Å². The molecule has 3 nitrogen and oxygen atoms in total. The standard InChI is InChI=1S/C24H17O3S3/c25-29-23-12-6-4-10-21(23)28(22-11-5-7-13-24(22)29)18-14-16-20(17-15-18)30(26,27)19-8-2-1-3-9-19/h1-17H/q+1. The maximum Gasteiger partial charge on any atom is 0.206 e. The van der Waals surface area contributed by atoms with Gasteiger partial charge in [0, 0.05) is 0 Å². The fraction of sp³-hybridized carbons (Fsp3) is 0. The molecule has 0 saturated heterocycles. The summed E-state index contributed by atoms with van der Waals surface area (Å²) in [6.07, 6.45) is 0.